The second-order valence-corrected chi connectivity index (χ2v) is 4.56. The average molecular weight is 244 g/mol. The number of carbonyl (C=O) groups is 1. The number of nitrogens with zero attached hydrogens (tertiary/aromatic N) is 1. The monoisotopic (exact) mass is 244 g/mol. The van der Waals surface area contributed by atoms with Gasteiger partial charge in [-0.2, -0.15) is 0 Å². The number of aliphatic hydroxyl groups excluding tert-OH is 1. The first kappa shape index (κ1) is 14.3. The lowest BCUT2D eigenvalue weighted by atomic mass is 10.2. The highest BCUT2D eigenvalue weighted by Gasteiger charge is 2.12. The van der Waals surface area contributed by atoms with E-state index in [4.69, 9.17) is 9.84 Å². The Balaban J connectivity index is 2.00. The molecule has 17 heavy (non-hydrogen) atoms. The molecule has 1 aliphatic rings. The molecule has 1 atom stereocenters. The van der Waals surface area contributed by atoms with Crippen LogP contribution in [-0.4, -0.2) is 55.0 Å². The van der Waals surface area contributed by atoms with Gasteiger partial charge in [0.15, 0.2) is 0 Å². The first-order chi connectivity index (χ1) is 8.22. The van der Waals surface area contributed by atoms with Gasteiger partial charge in [-0.25, -0.2) is 4.79 Å². The summed E-state index contributed by atoms with van der Waals surface area (Å²) in [6, 6.07) is 0. The van der Waals surface area contributed by atoms with E-state index in [0.717, 1.165) is 19.6 Å². The van der Waals surface area contributed by atoms with Gasteiger partial charge in [0.05, 0.1) is 0 Å². The first-order valence-corrected chi connectivity index (χ1v) is 6.50. The maximum Gasteiger partial charge on any atom is 0.407 e. The van der Waals surface area contributed by atoms with Crippen molar-refractivity contribution in [1.29, 1.82) is 0 Å². The molecule has 1 aliphatic heterocycles. The highest BCUT2D eigenvalue weighted by molar-refractivity contribution is 5.67. The molecule has 1 heterocycles. The predicted octanol–water partition coefficient (Wildman–Crippen LogP) is 0.969. The maximum absolute atomic E-state index is 11.4. The SMILES string of the molecule is CC(CCCO)OC(=O)NCCN1CCCC1. The van der Waals surface area contributed by atoms with Crippen LogP contribution in [0.25, 0.3) is 0 Å². The molecule has 0 radical (unpaired) electrons. The molecule has 0 aromatic carbocycles. The van der Waals surface area contributed by atoms with Gasteiger partial charge in [-0.1, -0.05) is 0 Å². The summed E-state index contributed by atoms with van der Waals surface area (Å²) in [6.07, 6.45) is 3.42. The van der Waals surface area contributed by atoms with E-state index in [1.807, 2.05) is 6.92 Å². The number of likely N-dealkylation sites (tertiary alicyclic amines) is 1. The van der Waals surface area contributed by atoms with E-state index in [1.165, 1.54) is 12.8 Å². The zero-order valence-corrected chi connectivity index (χ0v) is 10.7. The van der Waals surface area contributed by atoms with Gasteiger partial charge in [0.1, 0.15) is 6.10 Å². The lowest BCUT2D eigenvalue weighted by molar-refractivity contribution is 0.0966. The minimum Gasteiger partial charge on any atom is -0.447 e. The number of rotatable bonds is 7. The van der Waals surface area contributed by atoms with Gasteiger partial charge < -0.3 is 20.1 Å². The van der Waals surface area contributed by atoms with Crippen molar-refractivity contribution in [3.8, 4) is 0 Å². The zero-order chi connectivity index (χ0) is 12.5. The van der Waals surface area contributed by atoms with Crippen LogP contribution in [0.1, 0.15) is 32.6 Å². The summed E-state index contributed by atoms with van der Waals surface area (Å²) in [7, 11) is 0. The van der Waals surface area contributed by atoms with Gasteiger partial charge in [0, 0.05) is 19.7 Å². The summed E-state index contributed by atoms with van der Waals surface area (Å²) in [5.41, 5.74) is 0. The molecular formula is C12H24N2O3. The third-order valence-electron chi connectivity index (χ3n) is 2.97. The maximum atomic E-state index is 11.4. The number of hydrogen-bond acceptors (Lipinski definition) is 4. The third-order valence-corrected chi connectivity index (χ3v) is 2.97. The topological polar surface area (TPSA) is 61.8 Å². The van der Waals surface area contributed by atoms with Crippen molar-refractivity contribution in [2.75, 3.05) is 32.8 Å². The van der Waals surface area contributed by atoms with E-state index < -0.39 is 0 Å². The highest BCUT2D eigenvalue weighted by atomic mass is 16.6. The van der Waals surface area contributed by atoms with Gasteiger partial charge in [-0.05, 0) is 45.7 Å². The smallest absolute Gasteiger partial charge is 0.407 e. The molecule has 5 heteroatoms. The van der Waals surface area contributed by atoms with Crippen molar-refractivity contribution >= 4 is 6.09 Å². The van der Waals surface area contributed by atoms with Gasteiger partial charge in [-0.3, -0.25) is 0 Å². The summed E-state index contributed by atoms with van der Waals surface area (Å²) < 4.78 is 5.14. The van der Waals surface area contributed by atoms with Crippen LogP contribution in [0.2, 0.25) is 0 Å². The fourth-order valence-corrected chi connectivity index (χ4v) is 1.98. The molecule has 0 aromatic heterocycles. The van der Waals surface area contributed by atoms with Gasteiger partial charge >= 0.3 is 6.09 Å². The summed E-state index contributed by atoms with van der Waals surface area (Å²) in [4.78, 5) is 13.7. The lowest BCUT2D eigenvalue weighted by Crippen LogP contribution is -2.35. The molecule has 100 valence electrons. The van der Waals surface area contributed by atoms with Crippen LogP contribution >= 0.6 is 0 Å². The molecule has 1 saturated heterocycles. The van der Waals surface area contributed by atoms with Crippen molar-refractivity contribution in [3.63, 3.8) is 0 Å². The number of amides is 1. The van der Waals surface area contributed by atoms with Crippen LogP contribution in [0.4, 0.5) is 4.79 Å². The van der Waals surface area contributed by atoms with Crippen molar-refractivity contribution in [1.82, 2.24) is 10.2 Å². The van der Waals surface area contributed by atoms with Crippen molar-refractivity contribution in [2.45, 2.75) is 38.7 Å². The van der Waals surface area contributed by atoms with Crippen molar-refractivity contribution in [3.05, 3.63) is 0 Å². The van der Waals surface area contributed by atoms with E-state index in [1.54, 1.807) is 0 Å². The minimum atomic E-state index is -0.352. The Morgan fingerprint density at radius 3 is 2.82 bits per heavy atom. The van der Waals surface area contributed by atoms with Crippen LogP contribution in [0.3, 0.4) is 0 Å². The second kappa shape index (κ2) is 8.31. The van der Waals surface area contributed by atoms with E-state index >= 15 is 0 Å². The molecule has 0 spiro atoms. The largest absolute Gasteiger partial charge is 0.447 e. The van der Waals surface area contributed by atoms with Gasteiger partial charge in [0.25, 0.3) is 0 Å². The Labute approximate surface area is 103 Å². The Morgan fingerprint density at radius 1 is 1.47 bits per heavy atom. The fourth-order valence-electron chi connectivity index (χ4n) is 1.98. The first-order valence-electron chi connectivity index (χ1n) is 6.50. The summed E-state index contributed by atoms with van der Waals surface area (Å²) in [5, 5.41) is 11.4. The average Bonchev–Trinajstić information content (AvgIpc) is 2.79. The standard InChI is InChI=1S/C12H24N2O3/c1-11(5-4-10-15)17-12(16)13-6-9-14-7-2-3-8-14/h11,15H,2-10H2,1H3,(H,13,16). The van der Waals surface area contributed by atoms with Crippen LogP contribution in [0, 0.1) is 0 Å². The normalized spacial score (nSPS) is 18.0. The van der Waals surface area contributed by atoms with Crippen molar-refractivity contribution < 1.29 is 14.6 Å². The van der Waals surface area contributed by atoms with E-state index in [9.17, 15) is 4.79 Å². The number of aliphatic hydroxyl groups is 1. The summed E-state index contributed by atoms with van der Waals surface area (Å²) in [5.74, 6) is 0. The summed E-state index contributed by atoms with van der Waals surface area (Å²) in [6.45, 7) is 5.82. The molecule has 2 N–H and O–H groups in total. The summed E-state index contributed by atoms with van der Waals surface area (Å²) >= 11 is 0. The van der Waals surface area contributed by atoms with Crippen LogP contribution in [0.15, 0.2) is 0 Å². The van der Waals surface area contributed by atoms with Crippen molar-refractivity contribution in [2.24, 2.45) is 0 Å². The van der Waals surface area contributed by atoms with Crippen LogP contribution in [-0.2, 0) is 4.74 Å². The van der Waals surface area contributed by atoms with Crippen LogP contribution < -0.4 is 5.32 Å². The molecule has 1 unspecified atom stereocenters. The number of ether oxygens (including phenoxy) is 1. The fraction of sp³-hybridized carbons (Fsp3) is 0.917. The molecule has 1 fully saturated rings. The van der Waals surface area contributed by atoms with Crippen LogP contribution in [0.5, 0.6) is 0 Å². The Morgan fingerprint density at radius 2 is 2.18 bits per heavy atom. The Bertz CT molecular complexity index is 218. The zero-order valence-electron chi connectivity index (χ0n) is 10.7. The van der Waals surface area contributed by atoms with Gasteiger partial charge in [-0.15, -0.1) is 0 Å². The molecular weight excluding hydrogens is 220 g/mol. The second-order valence-electron chi connectivity index (χ2n) is 4.56. The molecule has 0 aromatic rings. The number of hydrogen-bond donors (Lipinski definition) is 2. The number of alkyl carbamates (subject to hydrolysis) is 1. The molecule has 5 nitrogen and oxygen atoms in total. The predicted molar refractivity (Wildman–Crippen MR) is 65.9 cm³/mol. The van der Waals surface area contributed by atoms with Gasteiger partial charge in [0.2, 0.25) is 0 Å². The number of carbonyl (C=O) groups excluding carboxylic acids is 1. The molecule has 0 bridgehead atoms. The Hall–Kier alpha value is -0.810. The van der Waals surface area contributed by atoms with E-state index in [2.05, 4.69) is 10.2 Å². The molecule has 0 saturated carbocycles. The minimum absolute atomic E-state index is 0.131. The number of nitrogens with one attached hydrogen (secondary N) is 1. The third kappa shape index (κ3) is 6.48. The molecule has 1 rings (SSSR count). The highest BCUT2D eigenvalue weighted by Crippen LogP contribution is 2.05. The molecule has 0 aliphatic carbocycles. The van der Waals surface area contributed by atoms with E-state index in [0.29, 0.717) is 19.4 Å². The quantitative estimate of drug-likeness (QED) is 0.700. The Kier molecular flexibility index (Phi) is 6.96. The lowest BCUT2D eigenvalue weighted by Gasteiger charge is -2.16. The van der Waals surface area contributed by atoms with E-state index in [-0.39, 0.29) is 18.8 Å². The molecule has 1 amide bonds.